The van der Waals surface area contributed by atoms with Crippen LogP contribution in [0.3, 0.4) is 0 Å². The lowest BCUT2D eigenvalue weighted by Gasteiger charge is -2.41. The summed E-state index contributed by atoms with van der Waals surface area (Å²) in [4.78, 5) is 25.6. The van der Waals surface area contributed by atoms with Crippen LogP contribution in [-0.4, -0.2) is 48.7 Å². The first kappa shape index (κ1) is 14.3. The van der Waals surface area contributed by atoms with Crippen LogP contribution in [0.4, 0.5) is 0 Å². The Bertz CT molecular complexity index is 342. The van der Waals surface area contributed by atoms with E-state index in [4.69, 9.17) is 9.47 Å². The summed E-state index contributed by atoms with van der Waals surface area (Å²) in [7, 11) is 1.67. The van der Waals surface area contributed by atoms with Gasteiger partial charge in [0, 0.05) is 13.2 Å². The fourth-order valence-electron chi connectivity index (χ4n) is 2.55. The van der Waals surface area contributed by atoms with Crippen LogP contribution in [0.5, 0.6) is 0 Å². The van der Waals surface area contributed by atoms with E-state index in [2.05, 4.69) is 0 Å². The Labute approximate surface area is 114 Å². The van der Waals surface area contributed by atoms with Crippen molar-refractivity contribution in [3.8, 4) is 0 Å². The maximum absolute atomic E-state index is 12.4. The summed E-state index contributed by atoms with van der Waals surface area (Å²) in [5.41, 5.74) is -0.279. The van der Waals surface area contributed by atoms with Gasteiger partial charge in [0.2, 0.25) is 5.91 Å². The highest BCUT2D eigenvalue weighted by Gasteiger charge is 2.42. The summed E-state index contributed by atoms with van der Waals surface area (Å²) in [5, 5.41) is 0. The Morgan fingerprint density at radius 3 is 2.42 bits per heavy atom. The first-order valence-electron chi connectivity index (χ1n) is 7.10. The van der Waals surface area contributed by atoms with Crippen LogP contribution in [0, 0.1) is 0 Å². The van der Waals surface area contributed by atoms with Crippen molar-refractivity contribution in [2.24, 2.45) is 0 Å². The normalized spacial score (nSPS) is 20.5. The number of carbonyl (C=O) groups excluding carboxylic acids is 2. The second kappa shape index (κ2) is 5.90. The molecule has 5 heteroatoms. The smallest absolute Gasteiger partial charge is 0.325 e. The van der Waals surface area contributed by atoms with Crippen molar-refractivity contribution in [1.29, 1.82) is 0 Å². The maximum Gasteiger partial charge on any atom is 0.325 e. The van der Waals surface area contributed by atoms with Gasteiger partial charge in [0.05, 0.1) is 18.6 Å². The van der Waals surface area contributed by atoms with Gasteiger partial charge >= 0.3 is 5.97 Å². The van der Waals surface area contributed by atoms with Gasteiger partial charge in [0.25, 0.3) is 0 Å². The molecule has 2 fully saturated rings. The molecule has 2 saturated carbocycles. The van der Waals surface area contributed by atoms with Crippen molar-refractivity contribution in [2.45, 2.75) is 57.1 Å². The van der Waals surface area contributed by atoms with Crippen LogP contribution in [0.1, 0.15) is 45.4 Å². The second-order valence-corrected chi connectivity index (χ2v) is 5.48. The van der Waals surface area contributed by atoms with Crippen LogP contribution in [0.2, 0.25) is 0 Å². The molecule has 0 aliphatic heterocycles. The average molecular weight is 269 g/mol. The molecule has 0 atom stereocenters. The third-order valence-corrected chi connectivity index (χ3v) is 4.08. The van der Waals surface area contributed by atoms with Crippen molar-refractivity contribution in [2.75, 3.05) is 20.3 Å². The van der Waals surface area contributed by atoms with E-state index in [9.17, 15) is 9.59 Å². The first-order chi connectivity index (χ1) is 9.10. The summed E-state index contributed by atoms with van der Waals surface area (Å²) in [6.07, 6.45) is 5.36. The Morgan fingerprint density at radius 2 is 2.00 bits per heavy atom. The number of rotatable bonds is 7. The van der Waals surface area contributed by atoms with Gasteiger partial charge in [-0.2, -0.15) is 0 Å². The summed E-state index contributed by atoms with van der Waals surface area (Å²) in [5.74, 6) is -0.292. The lowest BCUT2D eigenvalue weighted by atomic mass is 9.77. The van der Waals surface area contributed by atoms with Gasteiger partial charge < -0.3 is 14.4 Å². The van der Waals surface area contributed by atoms with Gasteiger partial charge in [-0.05, 0) is 39.0 Å². The van der Waals surface area contributed by atoms with E-state index in [0.717, 1.165) is 32.1 Å². The molecule has 0 radical (unpaired) electrons. The van der Waals surface area contributed by atoms with Crippen LogP contribution >= 0.6 is 0 Å². The number of hydrogen-bond acceptors (Lipinski definition) is 4. The maximum atomic E-state index is 12.4. The van der Waals surface area contributed by atoms with Crippen molar-refractivity contribution < 1.29 is 19.1 Å². The number of nitrogens with zero attached hydrogens (tertiary/aromatic N) is 1. The van der Waals surface area contributed by atoms with Crippen LogP contribution < -0.4 is 0 Å². The van der Waals surface area contributed by atoms with E-state index in [1.807, 2.05) is 0 Å². The van der Waals surface area contributed by atoms with Gasteiger partial charge in [0.1, 0.15) is 6.54 Å². The number of amides is 1. The Balaban J connectivity index is 1.91. The number of hydrogen-bond donors (Lipinski definition) is 0. The van der Waals surface area contributed by atoms with E-state index in [-0.39, 0.29) is 30.1 Å². The summed E-state index contributed by atoms with van der Waals surface area (Å²) >= 11 is 0. The molecule has 0 aromatic rings. The average Bonchev–Trinajstić information content (AvgIpc) is 3.15. The van der Waals surface area contributed by atoms with Crippen molar-refractivity contribution in [3.05, 3.63) is 0 Å². The van der Waals surface area contributed by atoms with Crippen LogP contribution in [0.25, 0.3) is 0 Å². The lowest BCUT2D eigenvalue weighted by Crippen LogP contribution is -2.47. The predicted molar refractivity (Wildman–Crippen MR) is 69.6 cm³/mol. The van der Waals surface area contributed by atoms with E-state index >= 15 is 0 Å². The molecule has 0 N–H and O–H groups in total. The van der Waals surface area contributed by atoms with E-state index in [1.165, 1.54) is 0 Å². The molecule has 0 unspecified atom stereocenters. The first-order valence-corrected chi connectivity index (χ1v) is 7.10. The molecule has 1 amide bonds. The van der Waals surface area contributed by atoms with Crippen LogP contribution in [-0.2, 0) is 19.1 Å². The minimum Gasteiger partial charge on any atom is -0.465 e. The third kappa shape index (κ3) is 3.47. The standard InChI is InChI=1S/C14H23NO4/c1-3-19-13(17)10-15(11-5-6-11)12(16)9-14(18-2)7-4-8-14/h11H,3-10H2,1-2H3. The molecule has 2 rings (SSSR count). The van der Waals surface area contributed by atoms with E-state index < -0.39 is 0 Å². The highest BCUT2D eigenvalue weighted by atomic mass is 16.5. The fourth-order valence-corrected chi connectivity index (χ4v) is 2.55. The topological polar surface area (TPSA) is 55.8 Å². The Hall–Kier alpha value is -1.10. The number of methoxy groups -OCH3 is 1. The number of carbonyl (C=O) groups is 2. The summed E-state index contributed by atoms with van der Waals surface area (Å²) < 4.78 is 10.4. The zero-order valence-electron chi connectivity index (χ0n) is 11.8. The molecule has 0 bridgehead atoms. The molecule has 0 aromatic carbocycles. The Kier molecular flexibility index (Phi) is 4.45. The van der Waals surface area contributed by atoms with Gasteiger partial charge in [-0.3, -0.25) is 9.59 Å². The molecule has 19 heavy (non-hydrogen) atoms. The molecule has 0 aromatic heterocycles. The highest BCUT2D eigenvalue weighted by Crippen LogP contribution is 2.39. The minimum absolute atomic E-state index is 0.0251. The van der Waals surface area contributed by atoms with Crippen molar-refractivity contribution in [3.63, 3.8) is 0 Å². The van der Waals surface area contributed by atoms with Gasteiger partial charge in [-0.1, -0.05) is 0 Å². The fraction of sp³-hybridized carbons (Fsp3) is 0.857. The molecule has 0 heterocycles. The Morgan fingerprint density at radius 1 is 1.32 bits per heavy atom. The summed E-state index contributed by atoms with van der Waals surface area (Å²) in [6.45, 7) is 2.21. The minimum atomic E-state index is -0.317. The van der Waals surface area contributed by atoms with Gasteiger partial charge in [-0.25, -0.2) is 0 Å². The zero-order valence-corrected chi connectivity index (χ0v) is 11.8. The lowest BCUT2D eigenvalue weighted by molar-refractivity contribution is -0.154. The zero-order chi connectivity index (χ0) is 13.9. The highest BCUT2D eigenvalue weighted by molar-refractivity contribution is 5.83. The molecule has 108 valence electrons. The van der Waals surface area contributed by atoms with Crippen molar-refractivity contribution in [1.82, 2.24) is 4.90 Å². The van der Waals surface area contributed by atoms with Crippen LogP contribution in [0.15, 0.2) is 0 Å². The third-order valence-electron chi connectivity index (χ3n) is 4.08. The molecule has 0 spiro atoms. The van der Waals surface area contributed by atoms with Gasteiger partial charge in [0.15, 0.2) is 0 Å². The molecule has 5 nitrogen and oxygen atoms in total. The SMILES string of the molecule is CCOC(=O)CN(C(=O)CC1(OC)CCC1)C1CC1. The summed E-state index contributed by atoms with van der Waals surface area (Å²) in [6, 6.07) is 0.228. The number of esters is 1. The van der Waals surface area contributed by atoms with E-state index in [1.54, 1.807) is 18.9 Å². The largest absolute Gasteiger partial charge is 0.465 e. The molecule has 0 saturated heterocycles. The monoisotopic (exact) mass is 269 g/mol. The predicted octanol–water partition coefficient (Wildman–Crippen LogP) is 1.50. The molecule has 2 aliphatic rings. The van der Waals surface area contributed by atoms with Gasteiger partial charge in [-0.15, -0.1) is 0 Å². The second-order valence-electron chi connectivity index (χ2n) is 5.48. The molecular weight excluding hydrogens is 246 g/mol. The molecule has 2 aliphatic carbocycles. The van der Waals surface area contributed by atoms with E-state index in [0.29, 0.717) is 13.0 Å². The number of ether oxygens (including phenoxy) is 2. The van der Waals surface area contributed by atoms with Crippen molar-refractivity contribution >= 4 is 11.9 Å². The quantitative estimate of drug-likeness (QED) is 0.657. The molecular formula is C14H23NO4.